The van der Waals surface area contributed by atoms with Crippen molar-refractivity contribution in [2.24, 2.45) is 0 Å². The van der Waals surface area contributed by atoms with Crippen molar-refractivity contribution in [3.8, 4) is 11.6 Å². The molecule has 2 N–H and O–H groups in total. The Labute approximate surface area is 202 Å². The predicted molar refractivity (Wildman–Crippen MR) is 133 cm³/mol. The number of nitrogens with two attached hydrogens (primary N) is 1. The highest BCUT2D eigenvalue weighted by molar-refractivity contribution is 7.91. The minimum atomic E-state index is -3.46. The zero-order valence-corrected chi connectivity index (χ0v) is 20.6. The monoisotopic (exact) mass is 497 g/mol. The zero-order chi connectivity index (χ0) is 24.2. The summed E-state index contributed by atoms with van der Waals surface area (Å²) in [5.41, 5.74) is 9.60. The highest BCUT2D eigenvalue weighted by Gasteiger charge is 2.30. The van der Waals surface area contributed by atoms with Crippen molar-refractivity contribution in [3.63, 3.8) is 0 Å². The Kier molecular flexibility index (Phi) is 5.50. The summed E-state index contributed by atoms with van der Waals surface area (Å²) in [7, 11) is 0.153. The summed E-state index contributed by atoms with van der Waals surface area (Å²) in [5.74, 6) is 1.61. The molecular formula is C24H24ClN5O3S. The van der Waals surface area contributed by atoms with Crippen molar-refractivity contribution < 1.29 is 13.2 Å². The van der Waals surface area contributed by atoms with E-state index in [0.29, 0.717) is 39.0 Å². The van der Waals surface area contributed by atoms with Crippen LogP contribution in [0.3, 0.4) is 0 Å². The van der Waals surface area contributed by atoms with E-state index in [1.54, 1.807) is 36.2 Å². The fourth-order valence-corrected chi connectivity index (χ4v) is 5.65. The first kappa shape index (κ1) is 22.6. The lowest BCUT2D eigenvalue weighted by atomic mass is 9.91. The summed E-state index contributed by atoms with van der Waals surface area (Å²) < 4.78 is 32.0. The first-order valence-electron chi connectivity index (χ1n) is 10.7. The number of fused-ring (bicyclic) bond motifs is 2. The van der Waals surface area contributed by atoms with E-state index in [1.165, 1.54) is 6.26 Å². The molecule has 5 rings (SSSR count). The van der Waals surface area contributed by atoms with Gasteiger partial charge in [0.05, 0.1) is 35.4 Å². The molecule has 1 aliphatic rings. The lowest BCUT2D eigenvalue weighted by Gasteiger charge is -2.34. The number of likely N-dealkylation sites (N-methyl/N-ethyl adjacent to an activating group) is 1. The maximum atomic E-state index is 12.4. The normalized spacial score (nSPS) is 16.5. The number of ether oxygens (including phenoxy) is 1. The summed E-state index contributed by atoms with van der Waals surface area (Å²) in [6.07, 6.45) is 5.17. The second-order valence-electron chi connectivity index (χ2n) is 8.48. The summed E-state index contributed by atoms with van der Waals surface area (Å²) >= 11 is 6.55. The van der Waals surface area contributed by atoms with Gasteiger partial charge in [-0.3, -0.25) is 9.47 Å². The largest absolute Gasteiger partial charge is 0.495 e. The topological polar surface area (TPSA) is 103 Å². The van der Waals surface area contributed by atoms with Crippen LogP contribution in [0, 0.1) is 0 Å². The lowest BCUT2D eigenvalue weighted by Crippen LogP contribution is -2.34. The molecule has 8 nitrogen and oxygen atoms in total. The Morgan fingerprint density at radius 1 is 1.24 bits per heavy atom. The number of halogens is 1. The third kappa shape index (κ3) is 3.70. The van der Waals surface area contributed by atoms with E-state index in [9.17, 15) is 8.42 Å². The van der Waals surface area contributed by atoms with E-state index in [2.05, 4.69) is 9.88 Å². The highest BCUT2D eigenvalue weighted by atomic mass is 35.5. The average Bonchev–Trinajstić information content (AvgIpc) is 3.19. The number of methoxy groups -OCH3 is 1. The summed E-state index contributed by atoms with van der Waals surface area (Å²) in [4.78, 5) is 11.8. The summed E-state index contributed by atoms with van der Waals surface area (Å²) in [6.45, 7) is 0.802. The number of hydrogen-bond donors (Lipinski definition) is 1. The smallest absolute Gasteiger partial charge is 0.177 e. The van der Waals surface area contributed by atoms with Gasteiger partial charge >= 0.3 is 0 Å². The minimum Gasteiger partial charge on any atom is -0.495 e. The van der Waals surface area contributed by atoms with Crippen molar-refractivity contribution in [2.45, 2.75) is 17.4 Å². The van der Waals surface area contributed by atoms with Crippen LogP contribution in [-0.2, 0) is 16.3 Å². The molecule has 2 aromatic heterocycles. The van der Waals surface area contributed by atoms with E-state index in [0.717, 1.165) is 24.1 Å². The van der Waals surface area contributed by atoms with E-state index in [1.807, 2.05) is 31.3 Å². The van der Waals surface area contributed by atoms with Gasteiger partial charge in [0, 0.05) is 24.4 Å². The maximum Gasteiger partial charge on any atom is 0.177 e. The van der Waals surface area contributed by atoms with Crippen LogP contribution >= 0.6 is 11.6 Å². The molecule has 176 valence electrons. The third-order valence-corrected chi connectivity index (χ3v) is 7.64. The summed E-state index contributed by atoms with van der Waals surface area (Å²) in [6, 6.07) is 10.9. The molecule has 10 heteroatoms. The second kappa shape index (κ2) is 8.26. The first-order chi connectivity index (χ1) is 16.2. The number of sulfone groups is 1. The molecule has 1 atom stereocenters. The van der Waals surface area contributed by atoms with Gasteiger partial charge < -0.3 is 10.5 Å². The molecule has 0 saturated heterocycles. The molecular weight excluding hydrogens is 474 g/mol. The maximum absolute atomic E-state index is 12.4. The zero-order valence-electron chi connectivity index (χ0n) is 19.0. The molecule has 34 heavy (non-hydrogen) atoms. The number of benzene rings is 2. The van der Waals surface area contributed by atoms with Crippen molar-refractivity contribution >= 4 is 38.0 Å². The number of rotatable bonds is 4. The lowest BCUT2D eigenvalue weighted by molar-refractivity contribution is 0.255. The Balaban J connectivity index is 1.70. The number of nitrogen functional groups attached to an aromatic ring is 1. The van der Waals surface area contributed by atoms with E-state index in [4.69, 9.17) is 27.1 Å². The van der Waals surface area contributed by atoms with Crippen molar-refractivity contribution in [2.75, 3.05) is 32.7 Å². The number of para-hydroxylation sites is 1. The van der Waals surface area contributed by atoms with Crippen LogP contribution in [0.1, 0.15) is 23.0 Å². The van der Waals surface area contributed by atoms with Crippen LogP contribution in [0.2, 0.25) is 5.02 Å². The van der Waals surface area contributed by atoms with Gasteiger partial charge in [-0.05, 0) is 42.8 Å². The van der Waals surface area contributed by atoms with Gasteiger partial charge in [-0.25, -0.2) is 18.4 Å². The molecule has 0 fully saturated rings. The van der Waals surface area contributed by atoms with E-state index in [-0.39, 0.29) is 10.9 Å². The SMILES string of the molecule is COc1cc2c(cc1N)C(c1ncc(Cl)c(-n3cc(S(C)(=O)=O)c4ccccc43)n1)N(C)CC2. The van der Waals surface area contributed by atoms with Gasteiger partial charge in [-0.1, -0.05) is 29.8 Å². The van der Waals surface area contributed by atoms with Crippen molar-refractivity contribution in [1.82, 2.24) is 19.4 Å². The molecule has 0 amide bonds. The fraction of sp³-hybridized carbons (Fsp3) is 0.250. The van der Waals surface area contributed by atoms with Gasteiger partial charge in [-0.2, -0.15) is 0 Å². The van der Waals surface area contributed by atoms with Crippen molar-refractivity contribution in [1.29, 1.82) is 0 Å². The van der Waals surface area contributed by atoms with Crippen LogP contribution in [0.5, 0.6) is 5.75 Å². The second-order valence-corrected chi connectivity index (χ2v) is 10.9. The molecule has 4 aromatic rings. The van der Waals surface area contributed by atoms with Crippen LogP contribution in [-0.4, -0.2) is 54.8 Å². The number of hydrogen-bond acceptors (Lipinski definition) is 7. The summed E-state index contributed by atoms with van der Waals surface area (Å²) in [5, 5.41) is 0.929. The van der Waals surface area contributed by atoms with Gasteiger partial charge in [0.1, 0.15) is 10.8 Å². The Hall–Kier alpha value is -3.14. The molecule has 0 bridgehead atoms. The quantitative estimate of drug-likeness (QED) is 0.429. The molecule has 0 aliphatic carbocycles. The van der Waals surface area contributed by atoms with Gasteiger partial charge in [0.25, 0.3) is 0 Å². The van der Waals surface area contributed by atoms with E-state index >= 15 is 0 Å². The standard InChI is InChI=1S/C24H24ClN5O3S/c1-29-9-8-14-10-20(33-2)18(26)11-16(14)22(29)23-27-12-17(25)24(28-23)30-13-21(34(3,31)32)15-6-4-5-7-19(15)30/h4-7,10-13,22H,8-9,26H2,1-3H3. The Morgan fingerprint density at radius 3 is 2.74 bits per heavy atom. The molecule has 2 aromatic carbocycles. The van der Waals surface area contributed by atoms with Gasteiger partial charge in [0.15, 0.2) is 21.5 Å². The minimum absolute atomic E-state index is 0.222. The molecule has 0 spiro atoms. The van der Waals surface area contributed by atoms with Crippen molar-refractivity contribution in [3.05, 3.63) is 70.8 Å². The van der Waals surface area contributed by atoms with Crippen LogP contribution in [0.4, 0.5) is 5.69 Å². The molecule has 0 radical (unpaired) electrons. The Morgan fingerprint density at radius 2 is 2.00 bits per heavy atom. The molecule has 0 saturated carbocycles. The predicted octanol–water partition coefficient (Wildman–Crippen LogP) is 3.65. The van der Waals surface area contributed by atoms with Crippen LogP contribution in [0.25, 0.3) is 16.7 Å². The van der Waals surface area contributed by atoms with E-state index < -0.39 is 9.84 Å². The number of anilines is 1. The van der Waals surface area contributed by atoms with Gasteiger partial charge in [0.2, 0.25) is 0 Å². The number of nitrogens with zero attached hydrogens (tertiary/aromatic N) is 4. The van der Waals surface area contributed by atoms with Crippen LogP contribution in [0.15, 0.2) is 53.7 Å². The third-order valence-electron chi connectivity index (χ3n) is 6.25. The molecule has 3 heterocycles. The Bertz CT molecular complexity index is 1530. The molecule has 1 unspecified atom stereocenters. The average molecular weight is 498 g/mol. The fourth-order valence-electron chi connectivity index (χ4n) is 4.59. The number of aromatic nitrogens is 3. The highest BCUT2D eigenvalue weighted by Crippen LogP contribution is 2.38. The molecule has 1 aliphatic heterocycles. The van der Waals surface area contributed by atoms with Gasteiger partial charge in [-0.15, -0.1) is 0 Å². The van der Waals surface area contributed by atoms with Crippen LogP contribution < -0.4 is 10.5 Å². The first-order valence-corrected chi connectivity index (χ1v) is 13.0.